The molecule has 2 heterocycles. The Morgan fingerprint density at radius 3 is 2.42 bits per heavy atom. The number of benzene rings is 1. The Morgan fingerprint density at radius 1 is 1.08 bits per heavy atom. The lowest BCUT2D eigenvalue weighted by atomic mass is 10.2. The fourth-order valence-electron chi connectivity index (χ4n) is 2.78. The fraction of sp³-hybridized carbons (Fsp3) is 0.312. The SMILES string of the molecule is NNC(=O)Cn1nc(N2CCN(c3ccc(Cl)c(Cl)c3)CC2)ccc1=O. The minimum atomic E-state index is -0.485. The molecule has 0 bridgehead atoms. The third-order valence-electron chi connectivity index (χ3n) is 4.18. The quantitative estimate of drug-likeness (QED) is 0.452. The van der Waals surface area contributed by atoms with Crippen molar-refractivity contribution in [3.8, 4) is 0 Å². The first kappa shape index (κ1) is 18.5. The van der Waals surface area contributed by atoms with Gasteiger partial charge in [0, 0.05) is 37.9 Å². The standard InChI is InChI=1S/C16H18Cl2N6O2/c17-12-2-1-11(9-13(12)18)22-5-7-23(8-6-22)14-3-4-16(26)24(21-14)10-15(25)20-19/h1-4,9H,5-8,10,19H2,(H,20,25). The molecule has 0 saturated carbocycles. The Bertz CT molecular complexity index is 864. The summed E-state index contributed by atoms with van der Waals surface area (Å²) in [5, 5.41) is 5.32. The van der Waals surface area contributed by atoms with Gasteiger partial charge in [0.15, 0.2) is 0 Å². The van der Waals surface area contributed by atoms with Gasteiger partial charge in [-0.25, -0.2) is 10.5 Å². The van der Waals surface area contributed by atoms with Gasteiger partial charge in [0.05, 0.1) is 10.0 Å². The molecule has 8 nitrogen and oxygen atoms in total. The molecular weight excluding hydrogens is 379 g/mol. The van der Waals surface area contributed by atoms with Gasteiger partial charge in [0.2, 0.25) is 0 Å². The Balaban J connectivity index is 1.69. The van der Waals surface area contributed by atoms with Crippen LogP contribution in [0.25, 0.3) is 0 Å². The van der Waals surface area contributed by atoms with Crippen LogP contribution in [0.15, 0.2) is 35.1 Å². The molecule has 0 unspecified atom stereocenters. The van der Waals surface area contributed by atoms with Crippen molar-refractivity contribution in [1.29, 1.82) is 0 Å². The summed E-state index contributed by atoms with van der Waals surface area (Å²) in [6, 6.07) is 8.63. The Hall–Kier alpha value is -2.29. The summed E-state index contributed by atoms with van der Waals surface area (Å²) < 4.78 is 1.10. The number of piperazine rings is 1. The molecule has 0 atom stereocenters. The van der Waals surface area contributed by atoms with E-state index >= 15 is 0 Å². The largest absolute Gasteiger partial charge is 0.368 e. The van der Waals surface area contributed by atoms with E-state index in [4.69, 9.17) is 29.0 Å². The Kier molecular flexibility index (Phi) is 5.65. The molecule has 0 aliphatic carbocycles. The van der Waals surface area contributed by atoms with Gasteiger partial charge < -0.3 is 9.80 Å². The third-order valence-corrected chi connectivity index (χ3v) is 4.92. The first-order valence-corrected chi connectivity index (χ1v) is 8.76. The van der Waals surface area contributed by atoms with E-state index in [9.17, 15) is 9.59 Å². The van der Waals surface area contributed by atoms with Crippen molar-refractivity contribution in [2.45, 2.75) is 6.54 Å². The molecule has 1 aromatic carbocycles. The van der Waals surface area contributed by atoms with Crippen molar-refractivity contribution < 1.29 is 4.79 Å². The highest BCUT2D eigenvalue weighted by Crippen LogP contribution is 2.28. The number of rotatable bonds is 4. The Labute approximate surface area is 160 Å². The minimum Gasteiger partial charge on any atom is -0.368 e. The van der Waals surface area contributed by atoms with E-state index in [-0.39, 0.29) is 12.1 Å². The number of hydrazine groups is 1. The van der Waals surface area contributed by atoms with E-state index < -0.39 is 5.91 Å². The number of halogens is 2. The van der Waals surface area contributed by atoms with Crippen LogP contribution in [0.1, 0.15) is 0 Å². The second-order valence-corrected chi connectivity index (χ2v) is 6.64. The molecule has 0 spiro atoms. The highest BCUT2D eigenvalue weighted by atomic mass is 35.5. The number of anilines is 2. The normalized spacial score (nSPS) is 14.4. The van der Waals surface area contributed by atoms with Crippen molar-refractivity contribution in [2.24, 2.45) is 5.84 Å². The van der Waals surface area contributed by atoms with Crippen molar-refractivity contribution in [1.82, 2.24) is 15.2 Å². The maximum atomic E-state index is 11.8. The van der Waals surface area contributed by atoms with Crippen LogP contribution in [0.5, 0.6) is 0 Å². The summed E-state index contributed by atoms with van der Waals surface area (Å²) in [6.07, 6.45) is 0. The zero-order chi connectivity index (χ0) is 18.7. The molecule has 10 heteroatoms. The molecule has 0 radical (unpaired) electrons. The van der Waals surface area contributed by atoms with Crippen LogP contribution in [-0.4, -0.2) is 41.9 Å². The van der Waals surface area contributed by atoms with E-state index in [0.29, 0.717) is 29.0 Å². The van der Waals surface area contributed by atoms with Gasteiger partial charge in [-0.3, -0.25) is 15.0 Å². The molecule has 3 N–H and O–H groups in total. The number of aromatic nitrogens is 2. The molecule has 2 aromatic rings. The zero-order valence-electron chi connectivity index (χ0n) is 13.9. The maximum Gasteiger partial charge on any atom is 0.267 e. The number of amides is 1. The minimum absolute atomic E-state index is 0.216. The summed E-state index contributed by atoms with van der Waals surface area (Å²) >= 11 is 12.1. The average Bonchev–Trinajstić information content (AvgIpc) is 2.66. The molecule has 1 fully saturated rings. The zero-order valence-corrected chi connectivity index (χ0v) is 15.4. The summed E-state index contributed by atoms with van der Waals surface area (Å²) in [6.45, 7) is 2.75. The number of carbonyl (C=O) groups excluding carboxylic acids is 1. The first-order chi connectivity index (χ1) is 12.5. The van der Waals surface area contributed by atoms with Gasteiger partial charge in [0.1, 0.15) is 12.4 Å². The van der Waals surface area contributed by atoms with Crippen molar-refractivity contribution in [3.63, 3.8) is 0 Å². The summed E-state index contributed by atoms with van der Waals surface area (Å²) in [5.41, 5.74) is 2.65. The van der Waals surface area contributed by atoms with E-state index in [1.807, 2.05) is 17.6 Å². The number of nitrogens with two attached hydrogens (primary N) is 1. The molecule has 1 amide bonds. The van der Waals surface area contributed by atoms with Gasteiger partial charge in [0.25, 0.3) is 11.5 Å². The van der Waals surface area contributed by atoms with Crippen molar-refractivity contribution >= 4 is 40.6 Å². The van der Waals surface area contributed by atoms with Crippen LogP contribution >= 0.6 is 23.2 Å². The van der Waals surface area contributed by atoms with Crippen molar-refractivity contribution in [3.05, 3.63) is 50.7 Å². The lowest BCUT2D eigenvalue weighted by Crippen LogP contribution is -2.47. The molecule has 1 aliphatic heterocycles. The maximum absolute atomic E-state index is 11.8. The predicted octanol–water partition coefficient (Wildman–Crippen LogP) is 0.867. The van der Waals surface area contributed by atoms with Crippen molar-refractivity contribution in [2.75, 3.05) is 36.0 Å². The van der Waals surface area contributed by atoms with E-state index in [0.717, 1.165) is 23.5 Å². The molecule has 26 heavy (non-hydrogen) atoms. The highest BCUT2D eigenvalue weighted by molar-refractivity contribution is 6.42. The highest BCUT2D eigenvalue weighted by Gasteiger charge is 2.20. The van der Waals surface area contributed by atoms with Gasteiger partial charge in [-0.15, -0.1) is 0 Å². The van der Waals surface area contributed by atoms with E-state index in [1.165, 1.54) is 6.07 Å². The van der Waals surface area contributed by atoms with Gasteiger partial charge in [-0.05, 0) is 24.3 Å². The van der Waals surface area contributed by atoms with Crippen LogP contribution < -0.4 is 26.6 Å². The fourth-order valence-corrected chi connectivity index (χ4v) is 3.07. The van der Waals surface area contributed by atoms with Crippen LogP contribution in [0.3, 0.4) is 0 Å². The molecule has 3 rings (SSSR count). The number of hydrogen-bond acceptors (Lipinski definition) is 6. The third kappa shape index (κ3) is 4.09. The molecule has 1 aliphatic rings. The summed E-state index contributed by atoms with van der Waals surface area (Å²) in [5.74, 6) is 5.22. The topological polar surface area (TPSA) is 96.5 Å². The van der Waals surface area contributed by atoms with Gasteiger partial charge in [-0.2, -0.15) is 5.10 Å². The molecule has 1 saturated heterocycles. The van der Waals surface area contributed by atoms with Crippen LogP contribution in [0, 0.1) is 0 Å². The molecular formula is C16H18Cl2N6O2. The van der Waals surface area contributed by atoms with Crippen LogP contribution in [0.4, 0.5) is 11.5 Å². The molecule has 138 valence electrons. The molecule has 1 aromatic heterocycles. The summed E-state index contributed by atoms with van der Waals surface area (Å²) in [7, 11) is 0. The lowest BCUT2D eigenvalue weighted by Gasteiger charge is -2.36. The van der Waals surface area contributed by atoms with Crippen LogP contribution in [-0.2, 0) is 11.3 Å². The number of nitrogens with one attached hydrogen (secondary N) is 1. The van der Waals surface area contributed by atoms with E-state index in [2.05, 4.69) is 14.9 Å². The smallest absolute Gasteiger partial charge is 0.267 e. The monoisotopic (exact) mass is 396 g/mol. The first-order valence-electron chi connectivity index (χ1n) is 8.00. The van der Waals surface area contributed by atoms with Gasteiger partial charge >= 0.3 is 0 Å². The number of hydrogen-bond donors (Lipinski definition) is 2. The van der Waals surface area contributed by atoms with E-state index in [1.54, 1.807) is 12.1 Å². The lowest BCUT2D eigenvalue weighted by molar-refractivity contribution is -0.121. The number of carbonyl (C=O) groups is 1. The van der Waals surface area contributed by atoms with Gasteiger partial charge in [-0.1, -0.05) is 23.2 Å². The predicted molar refractivity (Wildman–Crippen MR) is 102 cm³/mol. The second-order valence-electron chi connectivity index (χ2n) is 5.83. The second kappa shape index (κ2) is 7.94. The average molecular weight is 397 g/mol. The van der Waals surface area contributed by atoms with Crippen LogP contribution in [0.2, 0.25) is 10.0 Å². The summed E-state index contributed by atoms with van der Waals surface area (Å²) in [4.78, 5) is 27.5. The number of nitrogens with zero attached hydrogens (tertiary/aromatic N) is 4. The Morgan fingerprint density at radius 2 is 1.77 bits per heavy atom.